The van der Waals surface area contributed by atoms with E-state index in [1.54, 1.807) is 40.5 Å². The molecule has 27 heteroatoms. The van der Waals surface area contributed by atoms with Gasteiger partial charge in [0, 0.05) is 91.6 Å². The molecule has 7 saturated carbocycles. The van der Waals surface area contributed by atoms with E-state index in [-0.39, 0.29) is 53.5 Å². The highest BCUT2D eigenvalue weighted by atomic mass is 19.4. The molecule has 1 aromatic heterocycles. The number of halogens is 3. The fourth-order valence-corrected chi connectivity index (χ4v) is 8.34. The van der Waals surface area contributed by atoms with Gasteiger partial charge in [0.25, 0.3) is 22.6 Å². The van der Waals surface area contributed by atoms with Gasteiger partial charge >= 0.3 is 18.1 Å². The minimum Gasteiger partial charge on any atom is -0.478 e. The van der Waals surface area contributed by atoms with Crippen molar-refractivity contribution in [3.05, 3.63) is 118 Å². The van der Waals surface area contributed by atoms with Crippen LogP contribution in [0.15, 0.2) is 65.6 Å². The average molecular weight is 1200 g/mol. The minimum absolute atomic E-state index is 0.0417. The maximum atomic E-state index is 12.0. The Morgan fingerprint density at radius 2 is 0.845 bits per heavy atom. The van der Waals surface area contributed by atoms with Crippen LogP contribution in [0.2, 0.25) is 0 Å². The fraction of sp³-hybridized carbons (Fsp3) is 0.649. The molecule has 472 valence electrons. The van der Waals surface area contributed by atoms with Gasteiger partial charge in [-0.25, -0.2) is 9.59 Å². The quantitative estimate of drug-likeness (QED) is 0.0677. The zero-order chi connectivity index (χ0) is 63.4. The number of aliphatic hydroxyl groups is 3. The number of ether oxygens (including phenoxy) is 6. The van der Waals surface area contributed by atoms with Gasteiger partial charge in [0.1, 0.15) is 17.5 Å². The van der Waals surface area contributed by atoms with E-state index < -0.39 is 49.7 Å². The van der Waals surface area contributed by atoms with Crippen LogP contribution < -0.4 is 5.56 Å². The molecule has 0 saturated heterocycles. The molecule has 10 rings (SSSR count). The highest BCUT2D eigenvalue weighted by molar-refractivity contribution is 5.90. The zero-order valence-corrected chi connectivity index (χ0v) is 49.0. The van der Waals surface area contributed by atoms with Crippen LogP contribution in [-0.4, -0.2) is 148 Å². The van der Waals surface area contributed by atoms with E-state index in [4.69, 9.17) is 48.8 Å². The highest BCUT2D eigenvalue weighted by Gasteiger charge is 2.36. The number of carbonyl (C=O) groups excluding carboxylic acids is 2. The topological polar surface area (TPSA) is 350 Å². The molecule has 0 atom stereocenters. The molecule has 0 amide bonds. The molecule has 2 aromatic carbocycles. The Kier molecular flexibility index (Phi) is 32.6. The van der Waals surface area contributed by atoms with Crippen LogP contribution in [0.5, 0.6) is 0 Å². The number of rotatable bonds is 11. The van der Waals surface area contributed by atoms with Crippen molar-refractivity contribution in [2.24, 2.45) is 23.7 Å². The van der Waals surface area contributed by atoms with Crippen LogP contribution in [0.1, 0.15) is 144 Å². The number of nitrogens with one attached hydrogen (secondary N) is 1. The smallest absolute Gasteiger partial charge is 0.421 e. The summed E-state index contributed by atoms with van der Waals surface area (Å²) in [5.74, 6) is 2.21. The van der Waals surface area contributed by atoms with Crippen LogP contribution in [0, 0.1) is 54.0 Å². The standard InChI is InChI=1S/C12H13NO5.C7H5NO4.C6H3F3N2O3.2C6H12O.2C5H10O2.C5H10O.C5H8O/c1-17-10-6-11(7-10)18-12(14)8-2-4-9(5-3-8)13(15)16;9-7(10)5-1-3-6(4-2-5)8(11)12;7-6(8,9)4-1-3(11(13)14)2-10-5(4)12;2*1-5-3-6(4-5)7-2;2*1-7-5-2-4(6)3-5;2*1-4-2-5(6)3-4/h2-5,10-11H,6-7H2,1H3;1-4H,(H,9,10);1-2H,(H,10,12);2*5-6H,3-4H2,1-2H3;2*4-6H,2-3H2,1H3;4-6H,2-3H2,1H3;4H,2-3H2,1H3. The van der Waals surface area contributed by atoms with Gasteiger partial charge in [0.05, 0.1) is 80.9 Å². The Morgan fingerprint density at radius 3 is 1.07 bits per heavy atom. The molecule has 0 spiro atoms. The number of benzene rings is 2. The molecule has 24 nitrogen and oxygen atoms in total. The predicted molar refractivity (Wildman–Crippen MR) is 299 cm³/mol. The number of ketones is 1. The lowest BCUT2D eigenvalue weighted by molar-refractivity contribution is -0.385. The summed E-state index contributed by atoms with van der Waals surface area (Å²) < 4.78 is 66.4. The number of carboxylic acids is 1. The molecule has 84 heavy (non-hydrogen) atoms. The Balaban J connectivity index is 0.000000332. The number of methoxy groups -OCH3 is 5. The third-order valence-electron chi connectivity index (χ3n) is 14.3. The lowest BCUT2D eigenvalue weighted by atomic mass is 9.84. The summed E-state index contributed by atoms with van der Waals surface area (Å²) >= 11 is 0. The number of esters is 1. The normalized spacial score (nSPS) is 26.3. The third-order valence-corrected chi connectivity index (χ3v) is 14.3. The first kappa shape index (κ1) is 73.8. The van der Waals surface area contributed by atoms with Gasteiger partial charge in [-0.1, -0.05) is 27.7 Å². The summed E-state index contributed by atoms with van der Waals surface area (Å²) in [6, 6.07) is 10.3. The van der Waals surface area contributed by atoms with Crippen LogP contribution in [-0.2, 0) is 39.4 Å². The van der Waals surface area contributed by atoms with Crippen LogP contribution in [0.4, 0.5) is 30.2 Å². The summed E-state index contributed by atoms with van der Waals surface area (Å²) in [5, 5.41) is 65.1. The first-order chi connectivity index (χ1) is 39.4. The number of Topliss-reactive ketones (excluding diaryl/α,β-unsaturated/α-hetero) is 1. The van der Waals surface area contributed by atoms with E-state index in [2.05, 4.69) is 27.7 Å². The summed E-state index contributed by atoms with van der Waals surface area (Å²) in [6.45, 7) is 8.78. The molecule has 5 N–H and O–H groups in total. The van der Waals surface area contributed by atoms with Gasteiger partial charge in [0.2, 0.25) is 0 Å². The van der Waals surface area contributed by atoms with Crippen molar-refractivity contribution in [3.63, 3.8) is 0 Å². The maximum absolute atomic E-state index is 12.0. The number of alkyl halides is 3. The van der Waals surface area contributed by atoms with Gasteiger partial charge < -0.3 is 53.8 Å². The van der Waals surface area contributed by atoms with Gasteiger partial charge in [-0.3, -0.25) is 39.9 Å². The highest BCUT2D eigenvalue weighted by Crippen LogP contribution is 2.31. The van der Waals surface area contributed by atoms with E-state index >= 15 is 0 Å². The van der Waals surface area contributed by atoms with Gasteiger partial charge in [-0.2, -0.15) is 13.2 Å². The number of aromatic nitrogens is 1. The lowest BCUT2D eigenvalue weighted by Crippen LogP contribution is -2.38. The number of hydrogen-bond acceptors (Lipinski definition) is 19. The first-order valence-corrected chi connectivity index (χ1v) is 27.5. The average Bonchev–Trinajstić information content (AvgIpc) is 3.38. The number of nitro benzene ring substituents is 2. The van der Waals surface area contributed by atoms with Gasteiger partial charge in [-0.15, -0.1) is 0 Å². The first-order valence-electron chi connectivity index (χ1n) is 27.5. The van der Waals surface area contributed by atoms with Crippen molar-refractivity contribution >= 4 is 34.8 Å². The molecule has 3 aromatic rings. The fourth-order valence-electron chi connectivity index (χ4n) is 8.34. The molecule has 0 unspecified atom stereocenters. The SMILES string of the molecule is CC1CC(=O)C1.CC1CC(O)C1.COC1CC(C)C1.COC1CC(C)C1.COC1CC(O)C1.COC1CC(O)C1.COC1CC(OC(=O)c2ccc([N+](=O)[O-])cc2)C1.O=C(O)c1ccc([N+](=O)[O-])cc1.O=c1[nH]cc([N+](=O)[O-])cc1C(F)(F)F. The van der Waals surface area contributed by atoms with Crippen molar-refractivity contribution in [3.8, 4) is 0 Å². The molecule has 0 radical (unpaired) electrons. The number of hydrogen-bond donors (Lipinski definition) is 5. The molecular weight excluding hydrogens is 1120 g/mol. The summed E-state index contributed by atoms with van der Waals surface area (Å²) in [6.07, 6.45) is 11.1. The van der Waals surface area contributed by atoms with Gasteiger partial charge in [0.15, 0.2) is 0 Å². The Morgan fingerprint density at radius 1 is 0.512 bits per heavy atom. The monoisotopic (exact) mass is 1200 g/mol. The van der Waals surface area contributed by atoms with Crippen LogP contribution in [0.3, 0.4) is 0 Å². The number of pyridine rings is 1. The number of nitro groups is 3. The molecule has 0 aliphatic heterocycles. The predicted octanol–water partition coefficient (Wildman–Crippen LogP) is 9.46. The molecule has 7 aliphatic rings. The van der Waals surface area contributed by atoms with E-state index in [0.29, 0.717) is 60.7 Å². The number of nitrogens with zero attached hydrogens (tertiary/aromatic N) is 3. The molecule has 7 fully saturated rings. The number of aromatic amines is 1. The van der Waals surface area contributed by atoms with Crippen LogP contribution in [0.25, 0.3) is 0 Å². The number of aromatic carboxylic acids is 1. The number of aliphatic hydroxyl groups excluding tert-OH is 3. The van der Waals surface area contributed by atoms with Crippen molar-refractivity contribution in [2.75, 3.05) is 35.5 Å². The summed E-state index contributed by atoms with van der Waals surface area (Å²) in [5.41, 5.74) is -3.58. The largest absolute Gasteiger partial charge is 0.478 e. The molecule has 7 aliphatic carbocycles. The van der Waals surface area contributed by atoms with Crippen molar-refractivity contribution < 1.29 is 91.2 Å². The van der Waals surface area contributed by atoms with Crippen molar-refractivity contribution in [2.45, 2.75) is 179 Å². The minimum atomic E-state index is -4.89. The Bertz CT molecular complexity index is 2400. The summed E-state index contributed by atoms with van der Waals surface area (Å²) in [7, 11) is 8.55. The Hall–Kier alpha value is -6.33. The van der Waals surface area contributed by atoms with E-state index in [9.17, 15) is 62.7 Å². The number of carbonyl (C=O) groups is 3. The van der Waals surface area contributed by atoms with E-state index in [0.717, 1.165) is 81.3 Å². The maximum Gasteiger partial charge on any atom is 0.421 e. The van der Waals surface area contributed by atoms with E-state index in [1.807, 2.05) is 0 Å². The second-order valence-corrected chi connectivity index (χ2v) is 21.7. The summed E-state index contributed by atoms with van der Waals surface area (Å²) in [4.78, 5) is 73.0. The van der Waals surface area contributed by atoms with Gasteiger partial charge in [-0.05, 0) is 112 Å². The van der Waals surface area contributed by atoms with Crippen molar-refractivity contribution in [1.29, 1.82) is 0 Å². The second-order valence-electron chi connectivity index (χ2n) is 21.7. The number of carboxylic acid groups (broad SMARTS) is 1. The lowest BCUT2D eigenvalue weighted by Gasteiger charge is -2.33. The Labute approximate surface area is 485 Å². The number of H-pyrrole nitrogens is 1. The zero-order valence-electron chi connectivity index (χ0n) is 49.0. The number of non-ortho nitro benzene ring substituents is 2. The van der Waals surface area contributed by atoms with Crippen molar-refractivity contribution in [1.82, 2.24) is 4.98 Å². The molecule has 0 bridgehead atoms. The molecule has 1 heterocycles. The molecular formula is C57H83F3N4O20. The second kappa shape index (κ2) is 37.2. The van der Waals surface area contributed by atoms with Crippen LogP contribution >= 0.6 is 0 Å². The third kappa shape index (κ3) is 28.0. The van der Waals surface area contributed by atoms with E-state index in [1.165, 1.54) is 62.1 Å².